The zero-order valence-corrected chi connectivity index (χ0v) is 12.2. The van der Waals surface area contributed by atoms with Gasteiger partial charge in [-0.3, -0.25) is 0 Å². The zero-order chi connectivity index (χ0) is 15.4. The Bertz CT molecular complexity index is 745. The summed E-state index contributed by atoms with van der Waals surface area (Å²) < 4.78 is 16.4. The molecule has 1 heterocycles. The van der Waals surface area contributed by atoms with Crippen LogP contribution in [0.25, 0.3) is 11.6 Å². The van der Waals surface area contributed by atoms with Crippen molar-refractivity contribution in [1.29, 1.82) is 5.26 Å². The quantitative estimate of drug-likeness (QED) is 0.634. The molecule has 0 radical (unpaired) electrons. The molecule has 0 spiro atoms. The number of fused-ring (bicyclic) bond motifs is 1. The van der Waals surface area contributed by atoms with Crippen molar-refractivity contribution < 1.29 is 14.2 Å². The first kappa shape index (κ1) is 14.0. The number of hydrogen-bond acceptors (Lipinski definition) is 4. The number of nitriles is 1. The fourth-order valence-electron chi connectivity index (χ4n) is 2.29. The summed E-state index contributed by atoms with van der Waals surface area (Å²) in [4.78, 5) is 0. The van der Waals surface area contributed by atoms with Crippen LogP contribution in [0, 0.1) is 11.3 Å². The maximum Gasteiger partial charge on any atom is 0.231 e. The standard InChI is InChI=1S/C18H15NO3/c1-2-20-16-10-18-17(21-12-22-18)9-14(16)8-15(11-19)13-6-4-3-5-7-13/h3-10H,2,12H2,1H3/b15-8+. The number of benzene rings is 2. The minimum atomic E-state index is 0.206. The predicted octanol–water partition coefficient (Wildman–Crippen LogP) is 3.88. The van der Waals surface area contributed by atoms with Gasteiger partial charge in [0.2, 0.25) is 6.79 Å². The van der Waals surface area contributed by atoms with Gasteiger partial charge in [0, 0.05) is 11.6 Å². The van der Waals surface area contributed by atoms with Crippen LogP contribution in [0.2, 0.25) is 0 Å². The Morgan fingerprint density at radius 1 is 1.23 bits per heavy atom. The van der Waals surface area contributed by atoms with Crippen LogP contribution in [0.3, 0.4) is 0 Å². The Morgan fingerprint density at radius 3 is 2.64 bits per heavy atom. The van der Waals surface area contributed by atoms with Gasteiger partial charge in [0.1, 0.15) is 5.75 Å². The second-order valence-electron chi connectivity index (χ2n) is 4.71. The molecule has 4 heteroatoms. The van der Waals surface area contributed by atoms with E-state index in [-0.39, 0.29) is 6.79 Å². The molecule has 0 aromatic heterocycles. The highest BCUT2D eigenvalue weighted by molar-refractivity contribution is 5.91. The lowest BCUT2D eigenvalue weighted by molar-refractivity contribution is 0.174. The maximum absolute atomic E-state index is 9.44. The van der Waals surface area contributed by atoms with E-state index in [9.17, 15) is 5.26 Å². The zero-order valence-electron chi connectivity index (χ0n) is 12.2. The molecule has 0 fully saturated rings. The van der Waals surface area contributed by atoms with Gasteiger partial charge in [0.05, 0.1) is 18.2 Å². The molecule has 0 atom stereocenters. The lowest BCUT2D eigenvalue weighted by Crippen LogP contribution is -1.94. The van der Waals surface area contributed by atoms with Crippen molar-refractivity contribution in [3.05, 3.63) is 53.6 Å². The van der Waals surface area contributed by atoms with E-state index in [1.165, 1.54) is 0 Å². The monoisotopic (exact) mass is 293 g/mol. The number of ether oxygens (including phenoxy) is 3. The molecule has 0 saturated carbocycles. The second-order valence-corrected chi connectivity index (χ2v) is 4.71. The molecular weight excluding hydrogens is 278 g/mol. The fraction of sp³-hybridized carbons (Fsp3) is 0.167. The van der Waals surface area contributed by atoms with E-state index in [1.54, 1.807) is 6.07 Å². The molecular formula is C18H15NO3. The van der Waals surface area contributed by atoms with E-state index in [0.29, 0.717) is 29.4 Å². The number of rotatable bonds is 4. The van der Waals surface area contributed by atoms with Crippen LogP contribution in [-0.4, -0.2) is 13.4 Å². The molecule has 1 aliphatic rings. The molecule has 1 aliphatic heterocycles. The van der Waals surface area contributed by atoms with Crippen LogP contribution >= 0.6 is 0 Å². The van der Waals surface area contributed by atoms with Crippen LogP contribution < -0.4 is 14.2 Å². The Balaban J connectivity index is 2.07. The summed E-state index contributed by atoms with van der Waals surface area (Å²) in [5, 5.41) is 9.44. The van der Waals surface area contributed by atoms with Crippen molar-refractivity contribution in [1.82, 2.24) is 0 Å². The Kier molecular flexibility index (Phi) is 3.97. The highest BCUT2D eigenvalue weighted by atomic mass is 16.7. The molecule has 0 N–H and O–H groups in total. The molecule has 0 saturated heterocycles. The third-order valence-corrected chi connectivity index (χ3v) is 3.31. The summed E-state index contributed by atoms with van der Waals surface area (Å²) in [7, 11) is 0. The van der Waals surface area contributed by atoms with Gasteiger partial charge in [-0.15, -0.1) is 0 Å². The molecule has 22 heavy (non-hydrogen) atoms. The molecule has 0 bridgehead atoms. The summed E-state index contributed by atoms with van der Waals surface area (Å²) in [6, 6.07) is 15.4. The maximum atomic E-state index is 9.44. The molecule has 4 nitrogen and oxygen atoms in total. The molecule has 3 rings (SSSR count). The normalized spacial score (nSPS) is 12.8. The molecule has 0 amide bonds. The molecule has 110 valence electrons. The summed E-state index contributed by atoms with van der Waals surface area (Å²) in [6.45, 7) is 2.66. The van der Waals surface area contributed by atoms with Gasteiger partial charge in [0.15, 0.2) is 11.5 Å². The molecule has 2 aromatic carbocycles. The third-order valence-electron chi connectivity index (χ3n) is 3.31. The lowest BCUT2D eigenvalue weighted by Gasteiger charge is -2.09. The highest BCUT2D eigenvalue weighted by Gasteiger charge is 2.17. The van der Waals surface area contributed by atoms with E-state index in [4.69, 9.17) is 14.2 Å². The van der Waals surface area contributed by atoms with E-state index in [1.807, 2.05) is 49.4 Å². The van der Waals surface area contributed by atoms with Crippen LogP contribution in [-0.2, 0) is 0 Å². The van der Waals surface area contributed by atoms with Gasteiger partial charge in [-0.2, -0.15) is 5.26 Å². The van der Waals surface area contributed by atoms with E-state index >= 15 is 0 Å². The van der Waals surface area contributed by atoms with E-state index in [2.05, 4.69) is 6.07 Å². The van der Waals surface area contributed by atoms with Gasteiger partial charge in [-0.05, 0) is 24.6 Å². The lowest BCUT2D eigenvalue weighted by atomic mass is 10.0. The fourth-order valence-corrected chi connectivity index (χ4v) is 2.29. The van der Waals surface area contributed by atoms with Crippen LogP contribution in [0.1, 0.15) is 18.1 Å². The summed E-state index contributed by atoms with van der Waals surface area (Å²) in [5.41, 5.74) is 2.23. The first-order valence-corrected chi connectivity index (χ1v) is 7.05. The SMILES string of the molecule is CCOc1cc2c(cc1/C=C(\C#N)c1ccccc1)OCO2. The molecule has 0 aliphatic carbocycles. The number of hydrogen-bond donors (Lipinski definition) is 0. The Labute approximate surface area is 129 Å². The summed E-state index contributed by atoms with van der Waals surface area (Å²) in [6.07, 6.45) is 1.81. The van der Waals surface area contributed by atoms with Gasteiger partial charge < -0.3 is 14.2 Å². The van der Waals surface area contributed by atoms with Crippen molar-refractivity contribution in [2.45, 2.75) is 6.92 Å². The van der Waals surface area contributed by atoms with Gasteiger partial charge in [-0.25, -0.2) is 0 Å². The van der Waals surface area contributed by atoms with E-state index < -0.39 is 0 Å². The average Bonchev–Trinajstić information content (AvgIpc) is 3.01. The van der Waals surface area contributed by atoms with Crippen LogP contribution in [0.15, 0.2) is 42.5 Å². The third kappa shape index (κ3) is 2.75. The summed E-state index contributed by atoms with van der Waals surface area (Å²) in [5.74, 6) is 2.01. The molecule has 0 unspecified atom stereocenters. The van der Waals surface area contributed by atoms with Crippen molar-refractivity contribution >= 4 is 11.6 Å². The Morgan fingerprint density at radius 2 is 1.95 bits per heavy atom. The van der Waals surface area contributed by atoms with Gasteiger partial charge in [0.25, 0.3) is 0 Å². The van der Waals surface area contributed by atoms with Crippen molar-refractivity contribution in [3.8, 4) is 23.3 Å². The Hall–Kier alpha value is -2.93. The van der Waals surface area contributed by atoms with Crippen molar-refractivity contribution in [2.75, 3.05) is 13.4 Å². The average molecular weight is 293 g/mol. The van der Waals surface area contributed by atoms with Gasteiger partial charge >= 0.3 is 0 Å². The van der Waals surface area contributed by atoms with Crippen molar-refractivity contribution in [2.24, 2.45) is 0 Å². The van der Waals surface area contributed by atoms with E-state index in [0.717, 1.165) is 11.1 Å². The first-order chi connectivity index (χ1) is 10.8. The van der Waals surface area contributed by atoms with Gasteiger partial charge in [-0.1, -0.05) is 30.3 Å². The topological polar surface area (TPSA) is 51.5 Å². The number of allylic oxidation sites excluding steroid dienone is 1. The summed E-state index contributed by atoms with van der Waals surface area (Å²) >= 11 is 0. The number of nitrogens with zero attached hydrogens (tertiary/aromatic N) is 1. The van der Waals surface area contributed by atoms with Crippen LogP contribution in [0.5, 0.6) is 17.2 Å². The highest BCUT2D eigenvalue weighted by Crippen LogP contribution is 2.39. The smallest absolute Gasteiger partial charge is 0.231 e. The van der Waals surface area contributed by atoms with Crippen LogP contribution in [0.4, 0.5) is 0 Å². The second kappa shape index (κ2) is 6.23. The van der Waals surface area contributed by atoms with Crippen molar-refractivity contribution in [3.63, 3.8) is 0 Å². The molecule has 2 aromatic rings. The largest absolute Gasteiger partial charge is 0.493 e. The first-order valence-electron chi connectivity index (χ1n) is 7.05. The minimum Gasteiger partial charge on any atom is -0.493 e. The minimum absolute atomic E-state index is 0.206. The predicted molar refractivity (Wildman–Crippen MR) is 83.7 cm³/mol.